The first-order valence-corrected chi connectivity index (χ1v) is 10.0. The number of nitrogens with zero attached hydrogens (tertiary/aromatic N) is 3. The van der Waals surface area contributed by atoms with Crippen LogP contribution in [0.25, 0.3) is 22.6 Å². The Kier molecular flexibility index (Phi) is 5.36. The van der Waals surface area contributed by atoms with Crippen LogP contribution in [-0.4, -0.2) is 27.2 Å². The van der Waals surface area contributed by atoms with Gasteiger partial charge in [0.25, 0.3) is 0 Å². The van der Waals surface area contributed by atoms with Crippen molar-refractivity contribution in [3.05, 3.63) is 58.0 Å². The SMILES string of the molecule is Cc1cc(-c2nc(-c3ccc(C(F)(F)F)c(Cl)c3)n3c2CCO[C@H](C)C3)cc(C)n1. The minimum Gasteiger partial charge on any atom is -0.376 e. The molecule has 0 N–H and O–H groups in total. The Balaban J connectivity index is 1.90. The van der Waals surface area contributed by atoms with E-state index >= 15 is 0 Å². The van der Waals surface area contributed by atoms with Gasteiger partial charge in [-0.2, -0.15) is 13.2 Å². The molecule has 0 amide bonds. The second kappa shape index (κ2) is 7.71. The van der Waals surface area contributed by atoms with Crippen LogP contribution in [0.5, 0.6) is 0 Å². The maximum Gasteiger partial charge on any atom is 0.417 e. The Morgan fingerprint density at radius 1 is 1.07 bits per heavy atom. The molecule has 0 spiro atoms. The molecule has 1 aliphatic rings. The van der Waals surface area contributed by atoms with Crippen LogP contribution in [0.4, 0.5) is 13.2 Å². The number of halogens is 4. The van der Waals surface area contributed by atoms with E-state index in [-0.39, 0.29) is 11.1 Å². The van der Waals surface area contributed by atoms with Crippen LogP contribution in [0.15, 0.2) is 30.3 Å². The molecule has 0 fully saturated rings. The average molecular weight is 436 g/mol. The van der Waals surface area contributed by atoms with E-state index in [1.165, 1.54) is 12.1 Å². The van der Waals surface area contributed by atoms with Gasteiger partial charge in [-0.3, -0.25) is 4.98 Å². The van der Waals surface area contributed by atoms with E-state index in [0.29, 0.717) is 31.0 Å². The van der Waals surface area contributed by atoms with Gasteiger partial charge in [0.2, 0.25) is 0 Å². The van der Waals surface area contributed by atoms with Crippen molar-refractivity contribution < 1.29 is 17.9 Å². The van der Waals surface area contributed by atoms with Gasteiger partial charge in [-0.15, -0.1) is 0 Å². The number of aromatic nitrogens is 3. The van der Waals surface area contributed by atoms with Gasteiger partial charge >= 0.3 is 6.18 Å². The second-order valence-corrected chi connectivity index (χ2v) is 8.01. The van der Waals surface area contributed by atoms with E-state index in [1.54, 1.807) is 0 Å². The first kappa shape index (κ1) is 20.9. The molecule has 0 radical (unpaired) electrons. The number of alkyl halides is 3. The number of imidazole rings is 1. The molecule has 0 aliphatic carbocycles. The summed E-state index contributed by atoms with van der Waals surface area (Å²) in [5, 5.41) is -0.340. The third-order valence-corrected chi connectivity index (χ3v) is 5.45. The molecular formula is C22H21ClF3N3O. The summed E-state index contributed by atoms with van der Waals surface area (Å²) >= 11 is 5.98. The zero-order valence-electron chi connectivity index (χ0n) is 16.8. The van der Waals surface area contributed by atoms with Crippen molar-refractivity contribution in [2.75, 3.05) is 6.61 Å². The fourth-order valence-corrected chi connectivity index (χ4v) is 4.20. The summed E-state index contributed by atoms with van der Waals surface area (Å²) in [6.07, 6.45) is -3.89. The fraction of sp³-hybridized carbons (Fsp3) is 0.364. The van der Waals surface area contributed by atoms with Crippen LogP contribution in [0, 0.1) is 13.8 Å². The summed E-state index contributed by atoms with van der Waals surface area (Å²) in [5.41, 5.74) is 4.17. The molecule has 0 bridgehead atoms. The second-order valence-electron chi connectivity index (χ2n) is 7.60. The Labute approximate surface area is 177 Å². The van der Waals surface area contributed by atoms with E-state index in [9.17, 15) is 13.2 Å². The van der Waals surface area contributed by atoms with Gasteiger partial charge in [0, 0.05) is 34.6 Å². The molecule has 4 rings (SSSR count). The van der Waals surface area contributed by atoms with E-state index in [2.05, 4.69) is 4.98 Å². The molecule has 1 atom stereocenters. The lowest BCUT2D eigenvalue weighted by atomic mass is 10.1. The maximum atomic E-state index is 13.1. The zero-order valence-corrected chi connectivity index (χ0v) is 17.6. The van der Waals surface area contributed by atoms with Gasteiger partial charge in [-0.25, -0.2) is 4.98 Å². The summed E-state index contributed by atoms with van der Waals surface area (Å²) in [5.74, 6) is 0.583. The number of rotatable bonds is 2. The van der Waals surface area contributed by atoms with Gasteiger partial charge in [-0.1, -0.05) is 17.7 Å². The Hall–Kier alpha value is -2.38. The largest absolute Gasteiger partial charge is 0.417 e. The minimum atomic E-state index is -4.50. The third kappa shape index (κ3) is 3.96. The summed E-state index contributed by atoms with van der Waals surface area (Å²) in [6.45, 7) is 6.93. The zero-order chi connectivity index (χ0) is 21.6. The third-order valence-electron chi connectivity index (χ3n) is 5.14. The lowest BCUT2D eigenvalue weighted by Gasteiger charge is -2.14. The van der Waals surface area contributed by atoms with E-state index in [1.807, 2.05) is 37.5 Å². The average Bonchev–Trinajstić information content (AvgIpc) is 2.86. The molecule has 158 valence electrons. The molecule has 4 nitrogen and oxygen atoms in total. The smallest absolute Gasteiger partial charge is 0.376 e. The highest BCUT2D eigenvalue weighted by Crippen LogP contribution is 2.38. The van der Waals surface area contributed by atoms with Crippen molar-refractivity contribution in [1.82, 2.24) is 14.5 Å². The Morgan fingerprint density at radius 3 is 2.40 bits per heavy atom. The molecule has 30 heavy (non-hydrogen) atoms. The van der Waals surface area contributed by atoms with E-state index < -0.39 is 11.7 Å². The van der Waals surface area contributed by atoms with Crippen molar-refractivity contribution in [3.8, 4) is 22.6 Å². The number of pyridine rings is 1. The van der Waals surface area contributed by atoms with Gasteiger partial charge in [0.05, 0.1) is 35.5 Å². The first-order chi connectivity index (χ1) is 14.1. The lowest BCUT2D eigenvalue weighted by molar-refractivity contribution is -0.137. The number of hydrogen-bond donors (Lipinski definition) is 0. The summed E-state index contributed by atoms with van der Waals surface area (Å²) in [6, 6.07) is 7.71. The molecular weight excluding hydrogens is 415 g/mol. The van der Waals surface area contributed by atoms with Crippen LogP contribution in [0.2, 0.25) is 5.02 Å². The molecule has 0 unspecified atom stereocenters. The number of hydrogen-bond acceptors (Lipinski definition) is 3. The molecule has 3 aromatic rings. The molecule has 0 saturated heterocycles. The van der Waals surface area contributed by atoms with Crippen molar-refractivity contribution in [2.45, 2.75) is 46.0 Å². The van der Waals surface area contributed by atoms with Crippen LogP contribution < -0.4 is 0 Å². The number of ether oxygens (including phenoxy) is 1. The van der Waals surface area contributed by atoms with Crippen LogP contribution in [0.1, 0.15) is 29.6 Å². The molecule has 0 saturated carbocycles. The van der Waals surface area contributed by atoms with E-state index in [4.69, 9.17) is 21.3 Å². The summed E-state index contributed by atoms with van der Waals surface area (Å²) in [4.78, 5) is 9.29. The molecule has 8 heteroatoms. The van der Waals surface area contributed by atoms with Gasteiger partial charge in [0.1, 0.15) is 5.82 Å². The highest BCUT2D eigenvalue weighted by molar-refractivity contribution is 6.31. The van der Waals surface area contributed by atoms with E-state index in [0.717, 1.165) is 34.4 Å². The lowest BCUT2D eigenvalue weighted by Crippen LogP contribution is -2.15. The quantitative estimate of drug-likeness (QED) is 0.506. The Bertz CT molecular complexity index is 1090. The van der Waals surface area contributed by atoms with Gasteiger partial charge in [0.15, 0.2) is 0 Å². The first-order valence-electron chi connectivity index (χ1n) is 9.67. The highest BCUT2D eigenvalue weighted by Gasteiger charge is 2.33. The molecule has 1 aromatic carbocycles. The normalized spacial score (nSPS) is 17.0. The van der Waals surface area contributed by atoms with Crippen molar-refractivity contribution >= 4 is 11.6 Å². The number of fused-ring (bicyclic) bond motifs is 1. The maximum absolute atomic E-state index is 13.1. The highest BCUT2D eigenvalue weighted by atomic mass is 35.5. The van der Waals surface area contributed by atoms with Gasteiger partial charge in [-0.05, 0) is 45.0 Å². The molecule has 2 aromatic heterocycles. The standard InChI is InChI=1S/C22H21ClF3N3O/c1-12-8-16(9-13(2)27-12)20-19-6-7-30-14(3)11-29(19)21(28-20)15-4-5-17(18(23)10-15)22(24,25)26/h4-5,8-10,14H,6-7,11H2,1-3H3/t14-/m1/s1. The number of benzene rings is 1. The van der Waals surface area contributed by atoms with Crippen molar-refractivity contribution in [3.63, 3.8) is 0 Å². The molecule has 3 heterocycles. The van der Waals surface area contributed by atoms with Gasteiger partial charge < -0.3 is 9.30 Å². The van der Waals surface area contributed by atoms with Crippen LogP contribution >= 0.6 is 11.6 Å². The monoisotopic (exact) mass is 435 g/mol. The summed E-state index contributed by atoms with van der Waals surface area (Å²) < 4.78 is 47.3. The van der Waals surface area contributed by atoms with Crippen LogP contribution in [-0.2, 0) is 23.9 Å². The number of aryl methyl sites for hydroxylation is 2. The van der Waals surface area contributed by atoms with Crippen molar-refractivity contribution in [2.24, 2.45) is 0 Å². The molecule has 1 aliphatic heterocycles. The Morgan fingerprint density at radius 2 is 1.77 bits per heavy atom. The fourth-order valence-electron chi connectivity index (χ4n) is 3.91. The van der Waals surface area contributed by atoms with Crippen LogP contribution in [0.3, 0.4) is 0 Å². The van der Waals surface area contributed by atoms with Crippen molar-refractivity contribution in [1.29, 1.82) is 0 Å². The predicted molar refractivity (Wildman–Crippen MR) is 109 cm³/mol. The minimum absolute atomic E-state index is 0.0436. The topological polar surface area (TPSA) is 39.9 Å². The predicted octanol–water partition coefficient (Wildman–Crippen LogP) is 5.86. The summed E-state index contributed by atoms with van der Waals surface area (Å²) in [7, 11) is 0.